The van der Waals surface area contributed by atoms with Gasteiger partial charge in [-0.05, 0) is 19.4 Å². The predicted molar refractivity (Wildman–Crippen MR) is 87.0 cm³/mol. The molecule has 2 N–H and O–H groups in total. The summed E-state index contributed by atoms with van der Waals surface area (Å²) in [5, 5.41) is 10.00. The molecule has 9 heteroatoms. The first-order chi connectivity index (χ1) is 9.40. The lowest BCUT2D eigenvalue weighted by atomic mass is 10.4. The average molecular weight is 419 g/mol. The van der Waals surface area contributed by atoms with E-state index in [4.69, 9.17) is 0 Å². The Morgan fingerprint density at radius 2 is 2.10 bits per heavy atom. The number of halogens is 4. The van der Waals surface area contributed by atoms with E-state index in [9.17, 15) is 13.2 Å². The van der Waals surface area contributed by atoms with Gasteiger partial charge in [-0.3, -0.25) is 9.67 Å². The minimum Gasteiger partial charge on any atom is -0.357 e. The van der Waals surface area contributed by atoms with Gasteiger partial charge in [0.2, 0.25) is 0 Å². The molecule has 0 aliphatic rings. The highest BCUT2D eigenvalue weighted by Crippen LogP contribution is 2.18. The highest BCUT2D eigenvalue weighted by molar-refractivity contribution is 14.0. The summed E-state index contributed by atoms with van der Waals surface area (Å²) >= 11 is 0. The van der Waals surface area contributed by atoms with Crippen molar-refractivity contribution in [3.8, 4) is 0 Å². The Kier molecular flexibility index (Phi) is 9.38. The molecule has 122 valence electrons. The van der Waals surface area contributed by atoms with E-state index in [1.165, 1.54) is 0 Å². The SMILES string of the molecule is CCNC(=NCCC(F)(F)F)NCCn1cc(C)cn1.I. The summed E-state index contributed by atoms with van der Waals surface area (Å²) in [7, 11) is 0. The van der Waals surface area contributed by atoms with Gasteiger partial charge in [0.1, 0.15) is 0 Å². The lowest BCUT2D eigenvalue weighted by molar-refractivity contribution is -0.132. The number of aliphatic imine (C=N–C) groups is 1. The monoisotopic (exact) mass is 419 g/mol. The molecular formula is C12H21F3IN5. The minimum absolute atomic E-state index is 0. The Bertz CT molecular complexity index is 431. The molecule has 0 atom stereocenters. The van der Waals surface area contributed by atoms with E-state index >= 15 is 0 Å². The minimum atomic E-state index is -4.17. The van der Waals surface area contributed by atoms with Crippen molar-refractivity contribution in [1.82, 2.24) is 20.4 Å². The van der Waals surface area contributed by atoms with Gasteiger partial charge in [-0.2, -0.15) is 18.3 Å². The van der Waals surface area contributed by atoms with Crippen molar-refractivity contribution >= 4 is 29.9 Å². The molecule has 21 heavy (non-hydrogen) atoms. The highest BCUT2D eigenvalue weighted by Gasteiger charge is 2.26. The topological polar surface area (TPSA) is 54.2 Å². The molecule has 1 rings (SSSR count). The van der Waals surface area contributed by atoms with Gasteiger partial charge in [0.25, 0.3) is 0 Å². The molecule has 0 unspecified atom stereocenters. The van der Waals surface area contributed by atoms with Crippen molar-refractivity contribution < 1.29 is 13.2 Å². The molecular weight excluding hydrogens is 398 g/mol. The second-order valence-corrected chi connectivity index (χ2v) is 4.33. The molecule has 0 saturated heterocycles. The van der Waals surface area contributed by atoms with Crippen LogP contribution in [0.3, 0.4) is 0 Å². The summed E-state index contributed by atoms with van der Waals surface area (Å²) in [5.41, 5.74) is 1.07. The Balaban J connectivity index is 0.00000400. The molecule has 0 aliphatic carbocycles. The van der Waals surface area contributed by atoms with Crippen LogP contribution in [-0.2, 0) is 6.54 Å². The fourth-order valence-electron chi connectivity index (χ4n) is 1.51. The number of rotatable bonds is 6. The maximum atomic E-state index is 12.0. The van der Waals surface area contributed by atoms with Gasteiger partial charge in [-0.1, -0.05) is 0 Å². The second kappa shape index (κ2) is 9.85. The third-order valence-electron chi connectivity index (χ3n) is 2.41. The van der Waals surface area contributed by atoms with Crippen molar-refractivity contribution in [2.24, 2.45) is 4.99 Å². The van der Waals surface area contributed by atoms with Crippen LogP contribution in [0.25, 0.3) is 0 Å². The molecule has 1 aromatic rings. The molecule has 1 heterocycles. The van der Waals surface area contributed by atoms with Crippen LogP contribution in [0.5, 0.6) is 0 Å². The number of nitrogens with zero attached hydrogens (tertiary/aromatic N) is 3. The molecule has 0 amide bonds. The molecule has 0 saturated carbocycles. The van der Waals surface area contributed by atoms with Crippen LogP contribution >= 0.6 is 24.0 Å². The van der Waals surface area contributed by atoms with Gasteiger partial charge in [-0.15, -0.1) is 24.0 Å². The summed E-state index contributed by atoms with van der Waals surface area (Å²) < 4.78 is 37.9. The van der Waals surface area contributed by atoms with E-state index in [2.05, 4.69) is 20.7 Å². The smallest absolute Gasteiger partial charge is 0.357 e. The quantitative estimate of drug-likeness (QED) is 0.423. The zero-order valence-corrected chi connectivity index (χ0v) is 14.4. The zero-order valence-electron chi connectivity index (χ0n) is 12.1. The van der Waals surface area contributed by atoms with E-state index in [0.29, 0.717) is 25.6 Å². The number of alkyl halides is 3. The molecule has 0 fully saturated rings. The summed E-state index contributed by atoms with van der Waals surface area (Å²) in [6, 6.07) is 0. The number of nitrogens with one attached hydrogen (secondary N) is 2. The van der Waals surface area contributed by atoms with Crippen molar-refractivity contribution in [3.05, 3.63) is 18.0 Å². The highest BCUT2D eigenvalue weighted by atomic mass is 127. The van der Waals surface area contributed by atoms with Gasteiger partial charge in [0, 0.05) is 19.3 Å². The first-order valence-electron chi connectivity index (χ1n) is 6.48. The van der Waals surface area contributed by atoms with Gasteiger partial charge in [0.15, 0.2) is 5.96 Å². The van der Waals surface area contributed by atoms with E-state index in [0.717, 1.165) is 5.56 Å². The van der Waals surface area contributed by atoms with Crippen LogP contribution in [0, 0.1) is 6.92 Å². The summed E-state index contributed by atoms with van der Waals surface area (Å²) in [6.07, 6.45) is -1.44. The summed E-state index contributed by atoms with van der Waals surface area (Å²) in [4.78, 5) is 3.88. The molecule has 0 radical (unpaired) electrons. The van der Waals surface area contributed by atoms with Crippen LogP contribution in [0.15, 0.2) is 17.4 Å². The fourth-order valence-corrected chi connectivity index (χ4v) is 1.51. The van der Waals surface area contributed by atoms with Crippen LogP contribution in [0.4, 0.5) is 13.2 Å². The van der Waals surface area contributed by atoms with Gasteiger partial charge >= 0.3 is 6.18 Å². The number of hydrogen-bond donors (Lipinski definition) is 2. The third kappa shape index (κ3) is 9.53. The Morgan fingerprint density at radius 3 is 2.62 bits per heavy atom. The standard InChI is InChI=1S/C12H20F3N5.HI/c1-3-16-11(17-5-4-12(13,14)15)18-6-7-20-9-10(2)8-19-20;/h8-9H,3-7H2,1-2H3,(H2,16,17,18);1H. The van der Waals surface area contributed by atoms with E-state index in [1.807, 2.05) is 20.0 Å². The van der Waals surface area contributed by atoms with Gasteiger partial charge in [-0.25, -0.2) is 0 Å². The molecule has 5 nitrogen and oxygen atoms in total. The fraction of sp³-hybridized carbons (Fsp3) is 0.667. The summed E-state index contributed by atoms with van der Waals surface area (Å²) in [5.74, 6) is 0.389. The molecule has 1 aromatic heterocycles. The van der Waals surface area contributed by atoms with Crippen LogP contribution in [-0.4, -0.2) is 41.6 Å². The van der Waals surface area contributed by atoms with Crippen LogP contribution in [0.1, 0.15) is 18.9 Å². The molecule has 0 aliphatic heterocycles. The van der Waals surface area contributed by atoms with Gasteiger partial charge in [0.05, 0.1) is 25.7 Å². The van der Waals surface area contributed by atoms with Crippen molar-refractivity contribution in [2.75, 3.05) is 19.6 Å². The van der Waals surface area contributed by atoms with Crippen molar-refractivity contribution in [2.45, 2.75) is 33.0 Å². The first-order valence-corrected chi connectivity index (χ1v) is 6.48. The summed E-state index contributed by atoms with van der Waals surface area (Å²) in [6.45, 7) is 5.28. The lowest BCUT2D eigenvalue weighted by Gasteiger charge is -2.11. The normalized spacial score (nSPS) is 12.0. The number of aromatic nitrogens is 2. The lowest BCUT2D eigenvalue weighted by Crippen LogP contribution is -2.39. The Morgan fingerprint density at radius 1 is 1.38 bits per heavy atom. The Labute approximate surface area is 139 Å². The predicted octanol–water partition coefficient (Wildman–Crippen LogP) is 2.32. The maximum absolute atomic E-state index is 12.0. The largest absolute Gasteiger partial charge is 0.390 e. The first kappa shape index (κ1) is 20.0. The number of hydrogen-bond acceptors (Lipinski definition) is 2. The molecule has 0 aromatic carbocycles. The third-order valence-corrected chi connectivity index (χ3v) is 2.41. The average Bonchev–Trinajstić information content (AvgIpc) is 2.73. The molecule has 0 bridgehead atoms. The van der Waals surface area contributed by atoms with E-state index in [-0.39, 0.29) is 30.5 Å². The second-order valence-electron chi connectivity index (χ2n) is 4.33. The van der Waals surface area contributed by atoms with Crippen molar-refractivity contribution in [3.63, 3.8) is 0 Å². The van der Waals surface area contributed by atoms with Crippen molar-refractivity contribution in [1.29, 1.82) is 0 Å². The number of guanidine groups is 1. The zero-order chi connectivity index (χ0) is 15.0. The molecule has 0 spiro atoms. The van der Waals surface area contributed by atoms with Gasteiger partial charge < -0.3 is 10.6 Å². The Hall–Kier alpha value is -1.000. The van der Waals surface area contributed by atoms with Crippen LogP contribution in [0.2, 0.25) is 0 Å². The van der Waals surface area contributed by atoms with E-state index < -0.39 is 12.6 Å². The van der Waals surface area contributed by atoms with Crippen LogP contribution < -0.4 is 10.6 Å². The number of aryl methyl sites for hydroxylation is 1. The van der Waals surface area contributed by atoms with E-state index in [1.54, 1.807) is 10.9 Å². The maximum Gasteiger partial charge on any atom is 0.390 e.